The molecule has 38 heavy (non-hydrogen) atoms. The Labute approximate surface area is 224 Å². The molecule has 1 aromatic carbocycles. The maximum atomic E-state index is 13.1. The number of hydrogen-bond donors (Lipinski definition) is 1. The van der Waals surface area contributed by atoms with Crippen LogP contribution in [-0.2, 0) is 44.7 Å². The summed E-state index contributed by atoms with van der Waals surface area (Å²) in [6, 6.07) is 8.27. The Bertz CT molecular complexity index is 914. The van der Waals surface area contributed by atoms with Crippen LogP contribution in [0.4, 0.5) is 4.79 Å². The van der Waals surface area contributed by atoms with E-state index in [1.807, 2.05) is 30.3 Å². The lowest BCUT2D eigenvalue weighted by atomic mass is 10.2. The number of carbonyl (C=O) groups excluding carboxylic acids is 4. The second-order valence-electron chi connectivity index (χ2n) is 11.0. The van der Waals surface area contributed by atoms with Gasteiger partial charge in [-0.15, -0.1) is 0 Å². The SMILES string of the molecule is C[C@H](NC(=O)OCc1ccccc1)C(=O)N1C[C@H](OCC(=O)OC(C)(C)C)[C@@H](OCC(=O)OC(C)(C)C)C1. The number of amides is 2. The van der Waals surface area contributed by atoms with Gasteiger partial charge in [0.1, 0.15) is 49.3 Å². The molecule has 0 unspecified atom stereocenters. The normalized spacial score (nSPS) is 18.4. The average molecular weight is 537 g/mol. The molecule has 0 spiro atoms. The number of alkyl carbamates (subject to hydrolysis) is 1. The highest BCUT2D eigenvalue weighted by atomic mass is 16.6. The molecule has 0 aromatic heterocycles. The van der Waals surface area contributed by atoms with Crippen LogP contribution in [0.25, 0.3) is 0 Å². The van der Waals surface area contributed by atoms with Gasteiger partial charge < -0.3 is 33.9 Å². The molecule has 0 aliphatic carbocycles. The topological polar surface area (TPSA) is 130 Å². The van der Waals surface area contributed by atoms with E-state index in [2.05, 4.69) is 5.32 Å². The summed E-state index contributed by atoms with van der Waals surface area (Å²) in [7, 11) is 0. The molecular weight excluding hydrogens is 496 g/mol. The zero-order valence-electron chi connectivity index (χ0n) is 23.3. The second kappa shape index (κ2) is 13.6. The predicted octanol–water partition coefficient (Wildman–Crippen LogP) is 2.60. The molecule has 212 valence electrons. The van der Waals surface area contributed by atoms with Gasteiger partial charge in [0.2, 0.25) is 5.91 Å². The lowest BCUT2D eigenvalue weighted by Gasteiger charge is -2.23. The van der Waals surface area contributed by atoms with E-state index < -0.39 is 53.4 Å². The average Bonchev–Trinajstić information content (AvgIpc) is 3.21. The van der Waals surface area contributed by atoms with Gasteiger partial charge in [-0.1, -0.05) is 30.3 Å². The second-order valence-corrected chi connectivity index (χ2v) is 11.0. The summed E-state index contributed by atoms with van der Waals surface area (Å²) < 4.78 is 27.2. The summed E-state index contributed by atoms with van der Waals surface area (Å²) in [5, 5.41) is 2.53. The number of esters is 2. The fraction of sp³-hybridized carbons (Fsp3) is 0.630. The summed E-state index contributed by atoms with van der Waals surface area (Å²) in [4.78, 5) is 51.0. The third-order valence-electron chi connectivity index (χ3n) is 5.12. The Balaban J connectivity index is 1.96. The van der Waals surface area contributed by atoms with Crippen LogP contribution in [0.15, 0.2) is 30.3 Å². The summed E-state index contributed by atoms with van der Waals surface area (Å²) in [5.74, 6) is -1.52. The van der Waals surface area contributed by atoms with E-state index in [0.29, 0.717) is 0 Å². The Kier molecular flexibility index (Phi) is 11.1. The van der Waals surface area contributed by atoms with Crippen LogP contribution >= 0.6 is 0 Å². The molecule has 1 aliphatic rings. The summed E-state index contributed by atoms with van der Waals surface area (Å²) in [6.45, 7) is 11.5. The van der Waals surface area contributed by atoms with Crippen LogP contribution in [0.2, 0.25) is 0 Å². The number of likely N-dealkylation sites (tertiary alicyclic amines) is 1. The summed E-state index contributed by atoms with van der Waals surface area (Å²) in [6.07, 6.45) is -2.14. The van der Waals surface area contributed by atoms with Gasteiger partial charge in [-0.25, -0.2) is 14.4 Å². The van der Waals surface area contributed by atoms with Gasteiger partial charge in [0.05, 0.1) is 0 Å². The van der Waals surface area contributed by atoms with Crippen molar-refractivity contribution in [2.75, 3.05) is 26.3 Å². The largest absolute Gasteiger partial charge is 0.458 e. The first-order valence-electron chi connectivity index (χ1n) is 12.6. The Morgan fingerprint density at radius 2 is 1.34 bits per heavy atom. The molecule has 3 atom stereocenters. The highest BCUT2D eigenvalue weighted by Crippen LogP contribution is 2.19. The molecule has 1 fully saturated rings. The van der Waals surface area contributed by atoms with E-state index in [1.165, 1.54) is 11.8 Å². The molecule has 1 aliphatic heterocycles. The van der Waals surface area contributed by atoms with Crippen molar-refractivity contribution in [3.05, 3.63) is 35.9 Å². The molecule has 2 amide bonds. The third kappa shape index (κ3) is 11.5. The van der Waals surface area contributed by atoms with E-state index in [0.717, 1.165) is 5.56 Å². The molecule has 0 radical (unpaired) electrons. The van der Waals surface area contributed by atoms with E-state index in [1.54, 1.807) is 41.5 Å². The standard InChI is InChI=1S/C27H40N2O9/c1-18(28-25(33)36-15-19-11-9-8-10-12-19)24(32)29-13-20(34-16-22(30)37-26(2,3)4)21(14-29)35-17-23(31)38-27(5,6)7/h8-12,18,20-21H,13-17H2,1-7H3,(H,28,33)/t18-,20-,21-/m0/s1. The van der Waals surface area contributed by atoms with Gasteiger partial charge >= 0.3 is 18.0 Å². The first kappa shape index (κ1) is 31.0. The fourth-order valence-corrected chi connectivity index (χ4v) is 3.61. The van der Waals surface area contributed by atoms with Crippen molar-refractivity contribution in [3.8, 4) is 0 Å². The summed E-state index contributed by atoms with van der Waals surface area (Å²) in [5.41, 5.74) is -0.543. The fourth-order valence-electron chi connectivity index (χ4n) is 3.61. The molecule has 2 rings (SSSR count). The maximum absolute atomic E-state index is 13.1. The van der Waals surface area contributed by atoms with E-state index in [9.17, 15) is 19.2 Å². The number of nitrogens with one attached hydrogen (secondary N) is 1. The highest BCUT2D eigenvalue weighted by Gasteiger charge is 2.39. The number of benzene rings is 1. The van der Waals surface area contributed by atoms with Crippen molar-refractivity contribution in [2.24, 2.45) is 0 Å². The van der Waals surface area contributed by atoms with E-state index in [4.69, 9.17) is 23.7 Å². The number of carbonyl (C=O) groups is 4. The molecule has 11 nitrogen and oxygen atoms in total. The van der Waals surface area contributed by atoms with E-state index >= 15 is 0 Å². The van der Waals surface area contributed by atoms with Gasteiger partial charge in [0, 0.05) is 13.1 Å². The Morgan fingerprint density at radius 3 is 1.79 bits per heavy atom. The maximum Gasteiger partial charge on any atom is 0.408 e. The van der Waals surface area contributed by atoms with Crippen molar-refractivity contribution in [1.29, 1.82) is 0 Å². The smallest absolute Gasteiger partial charge is 0.408 e. The van der Waals surface area contributed by atoms with Crippen LogP contribution in [-0.4, -0.2) is 84.6 Å². The van der Waals surface area contributed by atoms with Crippen molar-refractivity contribution in [3.63, 3.8) is 0 Å². The number of rotatable bonds is 10. The van der Waals surface area contributed by atoms with Gasteiger partial charge in [0.25, 0.3) is 0 Å². The zero-order valence-corrected chi connectivity index (χ0v) is 23.3. The number of ether oxygens (including phenoxy) is 5. The predicted molar refractivity (Wildman–Crippen MR) is 137 cm³/mol. The lowest BCUT2D eigenvalue weighted by molar-refractivity contribution is -0.169. The molecule has 1 aromatic rings. The third-order valence-corrected chi connectivity index (χ3v) is 5.12. The molecule has 0 saturated carbocycles. The number of hydrogen-bond acceptors (Lipinski definition) is 9. The van der Waals surface area contributed by atoms with Gasteiger partial charge in [-0.2, -0.15) is 0 Å². The minimum Gasteiger partial charge on any atom is -0.458 e. The van der Waals surface area contributed by atoms with Crippen molar-refractivity contribution in [2.45, 2.75) is 84.5 Å². The van der Waals surface area contributed by atoms with Crippen molar-refractivity contribution < 1.29 is 42.9 Å². The Hall–Kier alpha value is -3.18. The first-order valence-corrected chi connectivity index (χ1v) is 12.6. The minimum atomic E-state index is -0.894. The van der Waals surface area contributed by atoms with Crippen LogP contribution in [0.5, 0.6) is 0 Å². The molecule has 1 N–H and O–H groups in total. The lowest BCUT2D eigenvalue weighted by Crippen LogP contribution is -2.46. The monoisotopic (exact) mass is 536 g/mol. The molecule has 1 saturated heterocycles. The number of nitrogens with zero attached hydrogens (tertiary/aromatic N) is 1. The van der Waals surface area contributed by atoms with Crippen LogP contribution in [0, 0.1) is 0 Å². The van der Waals surface area contributed by atoms with Gasteiger partial charge in [-0.3, -0.25) is 4.79 Å². The zero-order chi connectivity index (χ0) is 28.5. The van der Waals surface area contributed by atoms with Crippen LogP contribution < -0.4 is 5.32 Å². The van der Waals surface area contributed by atoms with Gasteiger partial charge in [0.15, 0.2) is 0 Å². The van der Waals surface area contributed by atoms with Crippen LogP contribution in [0.3, 0.4) is 0 Å². The van der Waals surface area contributed by atoms with Crippen molar-refractivity contribution in [1.82, 2.24) is 10.2 Å². The Morgan fingerprint density at radius 1 is 0.868 bits per heavy atom. The quantitative estimate of drug-likeness (QED) is 0.354. The molecule has 11 heteroatoms. The summed E-state index contributed by atoms with van der Waals surface area (Å²) >= 11 is 0. The van der Waals surface area contributed by atoms with Gasteiger partial charge in [-0.05, 0) is 54.0 Å². The van der Waals surface area contributed by atoms with Crippen LogP contribution in [0.1, 0.15) is 54.0 Å². The first-order chi connectivity index (χ1) is 17.6. The van der Waals surface area contributed by atoms with E-state index in [-0.39, 0.29) is 32.9 Å². The highest BCUT2D eigenvalue weighted by molar-refractivity contribution is 5.85. The molecule has 0 bridgehead atoms. The minimum absolute atomic E-state index is 0.0679. The van der Waals surface area contributed by atoms with Crippen molar-refractivity contribution >= 4 is 23.9 Å². The molecule has 1 heterocycles. The molecular formula is C27H40N2O9.